The number of nitrogens with zero attached hydrogens (tertiary/aromatic N) is 4. The second-order valence-electron chi connectivity index (χ2n) is 6.78. The Morgan fingerprint density at radius 2 is 1.33 bits per heavy atom. The van der Waals surface area contributed by atoms with Crippen molar-refractivity contribution in [1.29, 1.82) is 0 Å². The Kier molecular flexibility index (Phi) is 13.7. The van der Waals surface area contributed by atoms with E-state index in [1.165, 1.54) is 57.6 Å². The van der Waals surface area contributed by atoms with Crippen LogP contribution in [0.15, 0.2) is 21.3 Å². The van der Waals surface area contributed by atoms with E-state index in [2.05, 4.69) is 57.1 Å². The first-order valence-electron chi connectivity index (χ1n) is 9.39. The van der Waals surface area contributed by atoms with Gasteiger partial charge in [-0.1, -0.05) is 44.7 Å². The smallest absolute Gasteiger partial charge is 0.224 e. The van der Waals surface area contributed by atoms with Gasteiger partial charge in [0.2, 0.25) is 10.6 Å². The molecule has 0 amide bonds. The third-order valence-corrected chi connectivity index (χ3v) is 6.52. The standard InChI is InChI=1S/C9H11BrClN3.C5H11N.C4HBrCl2N2.CH4/c10-7-5-12-9(11)14-8(7)13-6-3-1-2-4-6;6-5-3-1-2-4-5;5-2-1-8-4(7)9-3(2)6;/h5-6H,1-4H2,(H,12,13,14);5H,1-4,6H2;1H;1H4. The molecule has 3 N–H and O–H groups in total. The Labute approximate surface area is 210 Å². The van der Waals surface area contributed by atoms with Gasteiger partial charge in [0.1, 0.15) is 11.0 Å². The molecule has 6 nitrogen and oxygen atoms in total. The van der Waals surface area contributed by atoms with E-state index in [1.54, 1.807) is 6.20 Å². The van der Waals surface area contributed by atoms with Crippen molar-refractivity contribution in [2.45, 2.75) is 70.9 Å². The van der Waals surface area contributed by atoms with Crippen LogP contribution in [0.25, 0.3) is 0 Å². The summed E-state index contributed by atoms with van der Waals surface area (Å²) in [6.07, 6.45) is 13.5. The normalized spacial score (nSPS) is 16.1. The fourth-order valence-electron chi connectivity index (χ4n) is 2.99. The molecule has 30 heavy (non-hydrogen) atoms. The molecule has 2 saturated carbocycles. The highest BCUT2D eigenvalue weighted by molar-refractivity contribution is 9.11. The van der Waals surface area contributed by atoms with Crippen LogP contribution in [0.3, 0.4) is 0 Å². The van der Waals surface area contributed by atoms with Crippen molar-refractivity contribution in [2.75, 3.05) is 5.32 Å². The molecule has 2 heterocycles. The maximum Gasteiger partial charge on any atom is 0.224 e. The lowest BCUT2D eigenvalue weighted by atomic mass is 10.2. The Balaban J connectivity index is 0.000000242. The molecule has 2 aromatic heterocycles. The lowest BCUT2D eigenvalue weighted by Gasteiger charge is -2.13. The zero-order valence-electron chi connectivity index (χ0n) is 15.7. The van der Waals surface area contributed by atoms with Crippen LogP contribution in [0.5, 0.6) is 0 Å². The third-order valence-electron chi connectivity index (χ3n) is 4.48. The monoisotopic (exact) mass is 602 g/mol. The number of anilines is 1. The number of aromatic nitrogens is 4. The highest BCUT2D eigenvalue weighted by Crippen LogP contribution is 2.26. The summed E-state index contributed by atoms with van der Waals surface area (Å²) in [5, 5.41) is 4.14. The fraction of sp³-hybridized carbons (Fsp3) is 0.579. The maximum atomic E-state index is 5.72. The van der Waals surface area contributed by atoms with Gasteiger partial charge in [-0.25, -0.2) is 15.0 Å². The van der Waals surface area contributed by atoms with Crippen LogP contribution in [-0.2, 0) is 0 Å². The van der Waals surface area contributed by atoms with E-state index in [9.17, 15) is 0 Å². The molecule has 2 aliphatic rings. The van der Waals surface area contributed by atoms with Gasteiger partial charge in [0.05, 0.1) is 8.95 Å². The lowest BCUT2D eigenvalue weighted by Crippen LogP contribution is -2.16. The molecule has 0 spiro atoms. The average molecular weight is 606 g/mol. The van der Waals surface area contributed by atoms with E-state index in [0.717, 1.165) is 10.3 Å². The van der Waals surface area contributed by atoms with Crippen molar-refractivity contribution >= 4 is 72.5 Å². The highest BCUT2D eigenvalue weighted by Gasteiger charge is 2.16. The van der Waals surface area contributed by atoms with Crippen LogP contribution in [0.2, 0.25) is 15.7 Å². The van der Waals surface area contributed by atoms with Crippen LogP contribution in [0.1, 0.15) is 58.8 Å². The third kappa shape index (κ3) is 10.4. The minimum atomic E-state index is 0. The minimum Gasteiger partial charge on any atom is -0.366 e. The summed E-state index contributed by atoms with van der Waals surface area (Å²) in [7, 11) is 0. The van der Waals surface area contributed by atoms with Crippen molar-refractivity contribution in [3.63, 3.8) is 0 Å². The summed E-state index contributed by atoms with van der Waals surface area (Å²) in [4.78, 5) is 15.3. The molecule has 0 unspecified atom stereocenters. The van der Waals surface area contributed by atoms with Gasteiger partial charge in [0.25, 0.3) is 0 Å². The van der Waals surface area contributed by atoms with Gasteiger partial charge in [-0.2, -0.15) is 4.98 Å². The van der Waals surface area contributed by atoms with Gasteiger partial charge >= 0.3 is 0 Å². The Morgan fingerprint density at radius 1 is 0.833 bits per heavy atom. The highest BCUT2D eigenvalue weighted by atomic mass is 79.9. The molecule has 0 atom stereocenters. The summed E-state index contributed by atoms with van der Waals surface area (Å²) in [6.45, 7) is 0. The number of nitrogens with one attached hydrogen (secondary N) is 1. The SMILES string of the molecule is C.Clc1ncc(Br)c(Cl)n1.Clc1ncc(Br)c(NC2CCCC2)n1.NC1CCCC1. The van der Waals surface area contributed by atoms with Gasteiger partial charge in [-0.05, 0) is 80.7 Å². The van der Waals surface area contributed by atoms with E-state index < -0.39 is 0 Å². The number of halogens is 5. The molecule has 2 aromatic rings. The minimum absolute atomic E-state index is 0. The number of hydrogen-bond donors (Lipinski definition) is 2. The van der Waals surface area contributed by atoms with E-state index in [0.29, 0.717) is 21.7 Å². The van der Waals surface area contributed by atoms with Crippen molar-refractivity contribution in [2.24, 2.45) is 5.73 Å². The van der Waals surface area contributed by atoms with Crippen LogP contribution >= 0.6 is 66.7 Å². The second kappa shape index (κ2) is 14.7. The average Bonchev–Trinajstić information content (AvgIpc) is 3.37. The van der Waals surface area contributed by atoms with Crippen molar-refractivity contribution in [3.8, 4) is 0 Å². The van der Waals surface area contributed by atoms with E-state index in [-0.39, 0.29) is 18.0 Å². The number of nitrogens with two attached hydrogens (primary N) is 1. The second-order valence-corrected chi connectivity index (χ2v) is 9.53. The van der Waals surface area contributed by atoms with Gasteiger partial charge < -0.3 is 11.1 Å². The molecule has 0 bridgehead atoms. The van der Waals surface area contributed by atoms with Crippen LogP contribution < -0.4 is 11.1 Å². The lowest BCUT2D eigenvalue weighted by molar-refractivity contribution is 0.704. The number of rotatable bonds is 2. The Hall–Kier alpha value is -0.250. The van der Waals surface area contributed by atoms with Gasteiger partial charge in [0, 0.05) is 24.5 Å². The molecule has 2 aliphatic carbocycles. The van der Waals surface area contributed by atoms with Gasteiger partial charge in [-0.15, -0.1) is 0 Å². The molecular formula is C19H27Br2Cl3N6. The molecule has 11 heteroatoms. The predicted molar refractivity (Wildman–Crippen MR) is 134 cm³/mol. The summed E-state index contributed by atoms with van der Waals surface area (Å²) in [5.74, 6) is 0.803. The first-order valence-corrected chi connectivity index (χ1v) is 12.1. The topological polar surface area (TPSA) is 89.6 Å². The van der Waals surface area contributed by atoms with E-state index in [1.807, 2.05) is 0 Å². The van der Waals surface area contributed by atoms with Gasteiger partial charge in [-0.3, -0.25) is 0 Å². The molecule has 168 valence electrons. The molecular weight excluding hydrogens is 578 g/mol. The summed E-state index contributed by atoms with van der Waals surface area (Å²) in [5.41, 5.74) is 5.53. The number of hydrogen-bond acceptors (Lipinski definition) is 6. The molecule has 0 radical (unpaired) electrons. The van der Waals surface area contributed by atoms with Crippen LogP contribution in [0.4, 0.5) is 5.82 Å². The first-order chi connectivity index (χ1) is 13.8. The van der Waals surface area contributed by atoms with Crippen LogP contribution in [-0.4, -0.2) is 32.0 Å². The van der Waals surface area contributed by atoms with Gasteiger partial charge in [0.15, 0.2) is 0 Å². The van der Waals surface area contributed by atoms with Crippen LogP contribution in [0, 0.1) is 0 Å². The largest absolute Gasteiger partial charge is 0.366 e. The van der Waals surface area contributed by atoms with Crippen molar-refractivity contribution in [1.82, 2.24) is 19.9 Å². The summed E-state index contributed by atoms with van der Waals surface area (Å²) < 4.78 is 1.52. The first kappa shape index (κ1) is 27.8. The summed E-state index contributed by atoms with van der Waals surface area (Å²) >= 11 is 23.1. The quantitative estimate of drug-likeness (QED) is 0.276. The maximum absolute atomic E-state index is 5.72. The predicted octanol–water partition coefficient (Wildman–Crippen LogP) is 7.32. The molecule has 4 rings (SSSR count). The van der Waals surface area contributed by atoms with E-state index >= 15 is 0 Å². The molecule has 0 aliphatic heterocycles. The summed E-state index contributed by atoms with van der Waals surface area (Å²) in [6, 6.07) is 1.09. The Morgan fingerprint density at radius 3 is 1.80 bits per heavy atom. The molecule has 0 saturated heterocycles. The zero-order valence-corrected chi connectivity index (χ0v) is 21.2. The fourth-order valence-corrected chi connectivity index (χ4v) is 3.93. The molecule has 2 fully saturated rings. The van der Waals surface area contributed by atoms with E-state index in [4.69, 9.17) is 40.5 Å². The zero-order chi connectivity index (χ0) is 21.2. The molecule has 0 aromatic carbocycles. The van der Waals surface area contributed by atoms with Crippen molar-refractivity contribution < 1.29 is 0 Å². The Bertz CT molecular complexity index is 772. The van der Waals surface area contributed by atoms with Crippen molar-refractivity contribution in [3.05, 3.63) is 37.1 Å².